The number of hydrogen-bond acceptors (Lipinski definition) is 6. The summed E-state index contributed by atoms with van der Waals surface area (Å²) in [6, 6.07) is 10.8. The van der Waals surface area contributed by atoms with Crippen LogP contribution in [0.25, 0.3) is 0 Å². The molecule has 0 bridgehead atoms. The number of hydrogen-bond donors (Lipinski definition) is 1. The van der Waals surface area contributed by atoms with Gasteiger partial charge in [0.1, 0.15) is 5.75 Å². The predicted molar refractivity (Wildman–Crippen MR) is 94.3 cm³/mol. The summed E-state index contributed by atoms with van der Waals surface area (Å²) in [6.45, 7) is 2.87. The minimum atomic E-state index is -1.09. The Morgan fingerprint density at radius 3 is 2.54 bits per heavy atom. The number of benzene rings is 2. The molecule has 2 rings (SSSR count). The minimum Gasteiger partial charge on any atom is -0.497 e. The Morgan fingerprint density at radius 2 is 1.88 bits per heavy atom. The van der Waals surface area contributed by atoms with Gasteiger partial charge in [-0.1, -0.05) is 12.1 Å². The second-order valence-electron chi connectivity index (χ2n) is 5.48. The molecule has 1 N–H and O–H groups in total. The number of methoxy groups -OCH3 is 1. The van der Waals surface area contributed by atoms with Crippen LogP contribution in [0.1, 0.15) is 22.8 Å². The molecule has 0 aliphatic carbocycles. The number of anilines is 1. The van der Waals surface area contributed by atoms with E-state index in [-0.39, 0.29) is 16.8 Å². The number of ether oxygens (including phenoxy) is 2. The van der Waals surface area contributed by atoms with Gasteiger partial charge in [-0.05, 0) is 32.0 Å². The molecule has 0 aliphatic rings. The Morgan fingerprint density at radius 1 is 1.19 bits per heavy atom. The summed E-state index contributed by atoms with van der Waals surface area (Å²) in [4.78, 5) is 34.8. The molecule has 2 aromatic rings. The van der Waals surface area contributed by atoms with Gasteiger partial charge in [0.15, 0.2) is 6.10 Å². The number of carbonyl (C=O) groups is 2. The van der Waals surface area contributed by atoms with Crippen LogP contribution in [-0.4, -0.2) is 30.0 Å². The lowest BCUT2D eigenvalue weighted by atomic mass is 10.1. The molecule has 0 radical (unpaired) electrons. The molecular formula is C18H18N2O6. The molecule has 0 aromatic heterocycles. The van der Waals surface area contributed by atoms with E-state index in [0.29, 0.717) is 11.4 Å². The molecular weight excluding hydrogens is 340 g/mol. The third-order valence-electron chi connectivity index (χ3n) is 3.71. The van der Waals surface area contributed by atoms with Crippen molar-refractivity contribution in [3.05, 3.63) is 63.7 Å². The largest absolute Gasteiger partial charge is 0.497 e. The van der Waals surface area contributed by atoms with Crippen LogP contribution in [0, 0.1) is 17.0 Å². The Bertz CT molecular complexity index is 849. The monoisotopic (exact) mass is 358 g/mol. The SMILES string of the molecule is COc1cccc(NC(=O)[C@H](C)OC(=O)c2cccc([N+](=O)[O-])c2C)c1. The lowest BCUT2D eigenvalue weighted by Gasteiger charge is -2.14. The van der Waals surface area contributed by atoms with E-state index in [9.17, 15) is 19.7 Å². The summed E-state index contributed by atoms with van der Waals surface area (Å²) in [5.41, 5.74) is 0.528. The van der Waals surface area contributed by atoms with Gasteiger partial charge in [-0.25, -0.2) is 4.79 Å². The Hall–Kier alpha value is -3.42. The second-order valence-corrected chi connectivity index (χ2v) is 5.48. The zero-order chi connectivity index (χ0) is 19.3. The van der Waals surface area contributed by atoms with E-state index in [1.807, 2.05) is 0 Å². The molecule has 8 heteroatoms. The molecule has 0 heterocycles. The fraction of sp³-hybridized carbons (Fsp3) is 0.222. The Labute approximate surface area is 149 Å². The van der Waals surface area contributed by atoms with Crippen molar-refractivity contribution in [2.45, 2.75) is 20.0 Å². The first-order valence-electron chi connectivity index (χ1n) is 7.73. The van der Waals surface area contributed by atoms with Crippen LogP contribution < -0.4 is 10.1 Å². The van der Waals surface area contributed by atoms with E-state index in [1.54, 1.807) is 24.3 Å². The average molecular weight is 358 g/mol. The fourth-order valence-corrected chi connectivity index (χ4v) is 2.26. The number of nitro benzene ring substituents is 1. The van der Waals surface area contributed by atoms with Gasteiger partial charge in [0, 0.05) is 23.4 Å². The molecule has 1 amide bonds. The molecule has 0 fully saturated rings. The van der Waals surface area contributed by atoms with Crippen molar-refractivity contribution in [3.8, 4) is 5.75 Å². The molecule has 0 spiro atoms. The molecule has 26 heavy (non-hydrogen) atoms. The smallest absolute Gasteiger partial charge is 0.339 e. The summed E-state index contributed by atoms with van der Waals surface area (Å²) in [7, 11) is 1.51. The molecule has 0 saturated heterocycles. The third kappa shape index (κ3) is 4.35. The number of carbonyl (C=O) groups excluding carboxylic acids is 2. The van der Waals surface area contributed by atoms with Gasteiger partial charge >= 0.3 is 5.97 Å². The number of nitrogens with one attached hydrogen (secondary N) is 1. The maximum Gasteiger partial charge on any atom is 0.339 e. The number of nitrogens with zero attached hydrogens (tertiary/aromatic N) is 1. The summed E-state index contributed by atoms with van der Waals surface area (Å²) < 4.78 is 10.2. The van der Waals surface area contributed by atoms with E-state index in [4.69, 9.17) is 9.47 Å². The molecule has 1 atom stereocenters. The van der Waals surface area contributed by atoms with E-state index >= 15 is 0 Å². The summed E-state index contributed by atoms with van der Waals surface area (Å²) >= 11 is 0. The molecule has 0 unspecified atom stereocenters. The van der Waals surface area contributed by atoms with Gasteiger partial charge in [-0.2, -0.15) is 0 Å². The van der Waals surface area contributed by atoms with E-state index in [2.05, 4.69) is 5.32 Å². The summed E-state index contributed by atoms with van der Waals surface area (Å²) in [6.07, 6.45) is -1.09. The molecule has 2 aromatic carbocycles. The number of esters is 1. The first-order chi connectivity index (χ1) is 12.3. The van der Waals surface area contributed by atoms with Crippen molar-refractivity contribution in [2.24, 2.45) is 0 Å². The lowest BCUT2D eigenvalue weighted by molar-refractivity contribution is -0.385. The highest BCUT2D eigenvalue weighted by molar-refractivity contribution is 5.98. The fourth-order valence-electron chi connectivity index (χ4n) is 2.26. The van der Waals surface area contributed by atoms with Crippen molar-refractivity contribution < 1.29 is 24.0 Å². The highest BCUT2D eigenvalue weighted by Gasteiger charge is 2.23. The number of rotatable bonds is 6. The van der Waals surface area contributed by atoms with Crippen LogP contribution in [0.2, 0.25) is 0 Å². The van der Waals surface area contributed by atoms with Gasteiger partial charge < -0.3 is 14.8 Å². The van der Waals surface area contributed by atoms with Crippen molar-refractivity contribution >= 4 is 23.3 Å². The van der Waals surface area contributed by atoms with Crippen LogP contribution in [0.5, 0.6) is 5.75 Å². The van der Waals surface area contributed by atoms with Gasteiger partial charge in [0.05, 0.1) is 17.6 Å². The lowest BCUT2D eigenvalue weighted by Crippen LogP contribution is -2.30. The normalized spacial score (nSPS) is 11.3. The van der Waals surface area contributed by atoms with E-state index < -0.39 is 22.9 Å². The van der Waals surface area contributed by atoms with Gasteiger partial charge in [0.25, 0.3) is 11.6 Å². The topological polar surface area (TPSA) is 108 Å². The van der Waals surface area contributed by atoms with Crippen LogP contribution in [0.15, 0.2) is 42.5 Å². The standard InChI is InChI=1S/C18H18N2O6/c1-11-15(8-5-9-16(11)20(23)24)18(22)26-12(2)17(21)19-13-6-4-7-14(10-13)25-3/h4-10,12H,1-3H3,(H,19,21)/t12-/m0/s1. The molecule has 8 nitrogen and oxygen atoms in total. The molecule has 0 aliphatic heterocycles. The second kappa shape index (κ2) is 8.11. The van der Waals surface area contributed by atoms with Gasteiger partial charge in [-0.3, -0.25) is 14.9 Å². The van der Waals surface area contributed by atoms with Crippen LogP contribution in [-0.2, 0) is 9.53 Å². The van der Waals surface area contributed by atoms with Crippen molar-refractivity contribution in [3.63, 3.8) is 0 Å². The number of amides is 1. The molecule has 0 saturated carbocycles. The summed E-state index contributed by atoms with van der Waals surface area (Å²) in [5.74, 6) is -0.770. The van der Waals surface area contributed by atoms with E-state index in [0.717, 1.165) is 0 Å². The maximum absolute atomic E-state index is 12.3. The Balaban J connectivity index is 2.08. The van der Waals surface area contributed by atoms with Gasteiger partial charge in [-0.15, -0.1) is 0 Å². The number of nitro groups is 1. The summed E-state index contributed by atoms with van der Waals surface area (Å²) in [5, 5.41) is 13.6. The zero-order valence-electron chi connectivity index (χ0n) is 14.5. The third-order valence-corrected chi connectivity index (χ3v) is 3.71. The van der Waals surface area contributed by atoms with Crippen LogP contribution in [0.3, 0.4) is 0 Å². The minimum absolute atomic E-state index is 0.0419. The molecule has 136 valence electrons. The quantitative estimate of drug-likeness (QED) is 0.483. The maximum atomic E-state index is 12.3. The average Bonchev–Trinajstić information content (AvgIpc) is 2.61. The predicted octanol–water partition coefficient (Wildman–Crippen LogP) is 3.10. The van der Waals surface area contributed by atoms with Crippen molar-refractivity contribution in [1.82, 2.24) is 0 Å². The Kier molecular flexibility index (Phi) is 5.90. The van der Waals surface area contributed by atoms with Crippen LogP contribution >= 0.6 is 0 Å². The highest BCUT2D eigenvalue weighted by atomic mass is 16.6. The van der Waals surface area contributed by atoms with Crippen molar-refractivity contribution in [2.75, 3.05) is 12.4 Å². The highest BCUT2D eigenvalue weighted by Crippen LogP contribution is 2.22. The first kappa shape index (κ1) is 18.9. The van der Waals surface area contributed by atoms with Gasteiger partial charge in [0.2, 0.25) is 0 Å². The first-order valence-corrected chi connectivity index (χ1v) is 7.73. The van der Waals surface area contributed by atoms with Crippen molar-refractivity contribution in [1.29, 1.82) is 0 Å². The van der Waals surface area contributed by atoms with Crippen LogP contribution in [0.4, 0.5) is 11.4 Å². The zero-order valence-corrected chi connectivity index (χ0v) is 14.5. The van der Waals surface area contributed by atoms with E-state index in [1.165, 1.54) is 39.2 Å².